The molecule has 7 heteroatoms. The quantitative estimate of drug-likeness (QED) is 0.884. The van der Waals surface area contributed by atoms with Gasteiger partial charge in [0.2, 0.25) is 5.91 Å². The molecule has 25 heavy (non-hydrogen) atoms. The number of nitrogens with zero attached hydrogens (tertiary/aromatic N) is 1. The fourth-order valence-electron chi connectivity index (χ4n) is 2.31. The van der Waals surface area contributed by atoms with Crippen molar-refractivity contribution in [3.05, 3.63) is 64.1 Å². The van der Waals surface area contributed by atoms with Gasteiger partial charge in [0, 0.05) is 18.0 Å². The first-order valence-corrected chi connectivity index (χ1v) is 7.88. The van der Waals surface area contributed by atoms with E-state index >= 15 is 0 Å². The molecule has 4 nitrogen and oxygen atoms in total. The summed E-state index contributed by atoms with van der Waals surface area (Å²) < 4.78 is 38.8. The molecule has 0 aliphatic carbocycles. The number of rotatable bonds is 5. The zero-order chi connectivity index (χ0) is 18.6. The van der Waals surface area contributed by atoms with Gasteiger partial charge in [0.15, 0.2) is 0 Å². The van der Waals surface area contributed by atoms with Gasteiger partial charge < -0.3 is 9.88 Å². The lowest BCUT2D eigenvalue weighted by atomic mass is 9.99. The largest absolute Gasteiger partial charge is 0.417 e. The van der Waals surface area contributed by atoms with E-state index in [1.807, 2.05) is 12.1 Å². The van der Waals surface area contributed by atoms with Crippen molar-refractivity contribution < 1.29 is 18.0 Å². The number of halogens is 3. The van der Waals surface area contributed by atoms with Crippen molar-refractivity contribution >= 4 is 11.6 Å². The van der Waals surface area contributed by atoms with Gasteiger partial charge in [0.05, 0.1) is 5.56 Å². The van der Waals surface area contributed by atoms with E-state index in [4.69, 9.17) is 0 Å². The van der Waals surface area contributed by atoms with Crippen molar-refractivity contribution in [2.75, 3.05) is 5.32 Å². The Balaban J connectivity index is 2.09. The summed E-state index contributed by atoms with van der Waals surface area (Å²) in [5.41, 5.74) is 0.0137. The van der Waals surface area contributed by atoms with Crippen LogP contribution in [0.15, 0.2) is 47.4 Å². The van der Waals surface area contributed by atoms with Crippen LogP contribution in [0.5, 0.6) is 0 Å². The second kappa shape index (κ2) is 7.55. The highest BCUT2D eigenvalue weighted by atomic mass is 19.4. The molecular weight excluding hydrogens is 333 g/mol. The molecule has 0 spiro atoms. The second-order valence-corrected chi connectivity index (χ2v) is 5.86. The Bertz CT molecular complexity index is 795. The summed E-state index contributed by atoms with van der Waals surface area (Å²) in [4.78, 5) is 23.7. The molecule has 1 aromatic carbocycles. The lowest BCUT2D eigenvalue weighted by Gasteiger charge is -2.12. The molecule has 2 aromatic rings. The van der Waals surface area contributed by atoms with Crippen LogP contribution >= 0.6 is 0 Å². The summed E-state index contributed by atoms with van der Waals surface area (Å²) in [7, 11) is 0. The molecule has 134 valence electrons. The Morgan fingerprint density at radius 1 is 1.16 bits per heavy atom. The number of hydrogen-bond acceptors (Lipinski definition) is 2. The number of carbonyl (C=O) groups excluding carboxylic acids is 1. The van der Waals surface area contributed by atoms with Gasteiger partial charge in [-0.05, 0) is 36.1 Å². The van der Waals surface area contributed by atoms with Gasteiger partial charge in [-0.1, -0.05) is 26.0 Å². The molecule has 0 bridgehead atoms. The average molecular weight is 352 g/mol. The van der Waals surface area contributed by atoms with E-state index in [0.717, 1.165) is 22.6 Å². The maximum absolute atomic E-state index is 12.7. The molecule has 0 radical (unpaired) electrons. The lowest BCUT2D eigenvalue weighted by molar-refractivity contribution is -0.138. The Morgan fingerprint density at radius 3 is 2.36 bits per heavy atom. The van der Waals surface area contributed by atoms with Crippen molar-refractivity contribution in [1.82, 2.24) is 4.57 Å². The van der Waals surface area contributed by atoms with Crippen molar-refractivity contribution in [3.63, 3.8) is 0 Å². The molecule has 1 N–H and O–H groups in total. The molecule has 1 atom stereocenters. The number of alkyl halides is 3. The topological polar surface area (TPSA) is 51.1 Å². The van der Waals surface area contributed by atoms with Gasteiger partial charge in [-0.2, -0.15) is 13.2 Å². The molecule has 0 unspecified atom stereocenters. The van der Waals surface area contributed by atoms with Crippen molar-refractivity contribution in [2.24, 2.45) is 0 Å². The summed E-state index contributed by atoms with van der Waals surface area (Å²) in [6.07, 6.45) is -2.93. The minimum Gasteiger partial charge on any atom is -0.325 e. The molecule has 1 aromatic heterocycles. The van der Waals surface area contributed by atoms with Gasteiger partial charge in [-0.25, -0.2) is 0 Å². The Hall–Kier alpha value is -2.57. The van der Waals surface area contributed by atoms with Crippen molar-refractivity contribution in [3.8, 4) is 0 Å². The molecule has 0 saturated heterocycles. The van der Waals surface area contributed by atoms with Gasteiger partial charge in [-0.3, -0.25) is 9.59 Å². The van der Waals surface area contributed by atoms with E-state index in [2.05, 4.69) is 19.2 Å². The van der Waals surface area contributed by atoms with Gasteiger partial charge in [0.1, 0.15) is 6.54 Å². The van der Waals surface area contributed by atoms with E-state index in [1.165, 1.54) is 0 Å². The zero-order valence-electron chi connectivity index (χ0n) is 13.9. The van der Waals surface area contributed by atoms with Crippen LogP contribution in [0.2, 0.25) is 0 Å². The fraction of sp³-hybridized carbons (Fsp3) is 0.333. The molecule has 0 aliphatic rings. The SMILES string of the molecule is CC[C@@H](C)c1ccc(NC(=O)Cn2cc(C(F)(F)F)ccc2=O)cc1. The Kier molecular flexibility index (Phi) is 5.66. The number of hydrogen-bond donors (Lipinski definition) is 1. The Labute approximate surface area is 143 Å². The summed E-state index contributed by atoms with van der Waals surface area (Å²) >= 11 is 0. The first-order chi connectivity index (χ1) is 11.7. The van der Waals surface area contributed by atoms with E-state index in [0.29, 0.717) is 23.9 Å². The summed E-state index contributed by atoms with van der Waals surface area (Å²) in [5.74, 6) is -0.175. The van der Waals surface area contributed by atoms with Crippen LogP contribution in [0.3, 0.4) is 0 Å². The zero-order valence-corrected chi connectivity index (χ0v) is 13.9. The first-order valence-electron chi connectivity index (χ1n) is 7.88. The number of pyridine rings is 1. The van der Waals surface area contributed by atoms with E-state index in [-0.39, 0.29) is 0 Å². The predicted octanol–water partition coefficient (Wildman–Crippen LogP) is 4.02. The minimum absolute atomic E-state index is 0.397. The second-order valence-electron chi connectivity index (χ2n) is 5.86. The van der Waals surface area contributed by atoms with Crippen molar-refractivity contribution in [1.29, 1.82) is 0 Å². The summed E-state index contributed by atoms with van der Waals surface area (Å²) in [6, 6.07) is 8.74. The fourth-order valence-corrected chi connectivity index (χ4v) is 2.31. The number of benzene rings is 1. The molecule has 1 amide bonds. The summed E-state index contributed by atoms with van der Waals surface area (Å²) in [6.45, 7) is 3.68. The third-order valence-electron chi connectivity index (χ3n) is 4.00. The molecule has 0 aliphatic heterocycles. The highest BCUT2D eigenvalue weighted by Gasteiger charge is 2.31. The Morgan fingerprint density at radius 2 is 1.80 bits per heavy atom. The number of carbonyl (C=O) groups is 1. The van der Waals surface area contributed by atoms with E-state index in [9.17, 15) is 22.8 Å². The van der Waals surface area contributed by atoms with Crippen LogP contribution in [-0.2, 0) is 17.5 Å². The van der Waals surface area contributed by atoms with Gasteiger partial charge >= 0.3 is 6.18 Å². The lowest BCUT2D eigenvalue weighted by Crippen LogP contribution is -2.28. The maximum atomic E-state index is 12.7. The highest BCUT2D eigenvalue weighted by molar-refractivity contribution is 5.90. The number of anilines is 1. The molecule has 2 rings (SSSR count). The molecular formula is C18H19F3N2O2. The van der Waals surface area contributed by atoms with E-state index < -0.39 is 29.8 Å². The van der Waals surface area contributed by atoms with Crippen LogP contribution < -0.4 is 10.9 Å². The third kappa shape index (κ3) is 4.95. The smallest absolute Gasteiger partial charge is 0.325 e. The van der Waals surface area contributed by atoms with Crippen LogP contribution in [0, 0.1) is 0 Å². The summed E-state index contributed by atoms with van der Waals surface area (Å²) in [5, 5.41) is 2.58. The number of nitrogens with one attached hydrogen (secondary N) is 1. The number of aromatic nitrogens is 1. The first kappa shape index (κ1) is 18.8. The predicted molar refractivity (Wildman–Crippen MR) is 89.5 cm³/mol. The van der Waals surface area contributed by atoms with Gasteiger partial charge in [0.25, 0.3) is 5.56 Å². The number of amides is 1. The minimum atomic E-state index is -4.57. The van der Waals surface area contributed by atoms with Crippen LogP contribution in [0.25, 0.3) is 0 Å². The molecule has 0 fully saturated rings. The monoisotopic (exact) mass is 352 g/mol. The molecule has 0 saturated carbocycles. The van der Waals surface area contributed by atoms with Crippen LogP contribution in [0.1, 0.15) is 37.3 Å². The highest BCUT2D eigenvalue weighted by Crippen LogP contribution is 2.28. The van der Waals surface area contributed by atoms with Gasteiger partial charge in [-0.15, -0.1) is 0 Å². The maximum Gasteiger partial charge on any atom is 0.417 e. The average Bonchev–Trinajstić information content (AvgIpc) is 2.55. The molecule has 1 heterocycles. The van der Waals surface area contributed by atoms with Crippen molar-refractivity contribution in [2.45, 2.75) is 38.9 Å². The van der Waals surface area contributed by atoms with E-state index in [1.54, 1.807) is 12.1 Å². The third-order valence-corrected chi connectivity index (χ3v) is 4.00. The van der Waals surface area contributed by atoms with Crippen LogP contribution in [0.4, 0.5) is 18.9 Å². The normalized spacial score (nSPS) is 12.7. The van der Waals surface area contributed by atoms with Crippen LogP contribution in [-0.4, -0.2) is 10.5 Å². The standard InChI is InChI=1S/C18H19F3N2O2/c1-3-12(2)13-4-7-15(8-5-13)22-16(24)11-23-10-14(18(19,20)21)6-9-17(23)25/h4-10,12H,3,11H2,1-2H3,(H,22,24)/t12-/m1/s1.